The van der Waals surface area contributed by atoms with E-state index >= 15 is 0 Å². The summed E-state index contributed by atoms with van der Waals surface area (Å²) < 4.78 is 7.72. The average molecular weight is 454 g/mol. The van der Waals surface area contributed by atoms with Gasteiger partial charge in [0.15, 0.2) is 4.80 Å². The molecule has 32 heavy (non-hydrogen) atoms. The lowest BCUT2D eigenvalue weighted by molar-refractivity contribution is -0.118. The van der Waals surface area contributed by atoms with Crippen LogP contribution in [-0.4, -0.2) is 39.0 Å². The van der Waals surface area contributed by atoms with Crippen molar-refractivity contribution in [1.29, 1.82) is 0 Å². The molecule has 168 valence electrons. The number of ether oxygens (including phenoxy) is 1. The fraction of sp³-hybridized carbons (Fsp3) is 0.348. The van der Waals surface area contributed by atoms with E-state index in [0.717, 1.165) is 22.7 Å². The standard InChI is InChI=1S/C23H27N5O3S/c1-15(2)31-19-8-6-18(7-9-19)21-14-32-23(28(21)11-5-10-24-17(4)29)27-22(30)20-13-25-16(3)12-26-20/h6-9,12-15H,5,10-11H2,1-4H3,(H,24,29). The van der Waals surface area contributed by atoms with E-state index in [-0.39, 0.29) is 17.7 Å². The quantitative estimate of drug-likeness (QED) is 0.527. The molecule has 1 N–H and O–H groups in total. The molecular weight excluding hydrogens is 426 g/mol. The third-order valence-corrected chi connectivity index (χ3v) is 5.31. The Labute approximate surface area is 191 Å². The second-order valence-electron chi connectivity index (χ2n) is 7.54. The van der Waals surface area contributed by atoms with E-state index < -0.39 is 5.91 Å². The number of nitrogens with zero attached hydrogens (tertiary/aromatic N) is 4. The van der Waals surface area contributed by atoms with Crippen LogP contribution in [0.1, 0.15) is 43.4 Å². The van der Waals surface area contributed by atoms with Crippen LogP contribution < -0.4 is 14.9 Å². The topological polar surface area (TPSA) is 98.5 Å². The molecule has 0 unspecified atom stereocenters. The predicted molar refractivity (Wildman–Crippen MR) is 123 cm³/mol. The molecule has 2 aromatic heterocycles. The van der Waals surface area contributed by atoms with Crippen molar-refractivity contribution in [3.8, 4) is 17.0 Å². The van der Waals surface area contributed by atoms with Crippen LogP contribution in [0.2, 0.25) is 0 Å². The molecule has 0 saturated carbocycles. The maximum absolute atomic E-state index is 12.6. The predicted octanol–water partition coefficient (Wildman–Crippen LogP) is 3.37. The zero-order valence-electron chi connectivity index (χ0n) is 18.7. The van der Waals surface area contributed by atoms with Gasteiger partial charge in [0.1, 0.15) is 11.4 Å². The van der Waals surface area contributed by atoms with Crippen molar-refractivity contribution < 1.29 is 14.3 Å². The highest BCUT2D eigenvalue weighted by Crippen LogP contribution is 2.24. The van der Waals surface area contributed by atoms with E-state index in [0.29, 0.717) is 24.3 Å². The Balaban J connectivity index is 1.92. The molecule has 8 nitrogen and oxygen atoms in total. The summed E-state index contributed by atoms with van der Waals surface area (Å²) in [5, 5.41) is 4.78. The van der Waals surface area contributed by atoms with Gasteiger partial charge in [-0.1, -0.05) is 0 Å². The minimum Gasteiger partial charge on any atom is -0.491 e. The van der Waals surface area contributed by atoms with Crippen LogP contribution >= 0.6 is 11.3 Å². The fourth-order valence-corrected chi connectivity index (χ4v) is 3.92. The first-order valence-corrected chi connectivity index (χ1v) is 11.3. The van der Waals surface area contributed by atoms with Gasteiger partial charge in [-0.05, 0) is 57.0 Å². The van der Waals surface area contributed by atoms with Gasteiger partial charge in [-0.3, -0.25) is 14.6 Å². The molecule has 9 heteroatoms. The lowest BCUT2D eigenvalue weighted by atomic mass is 10.1. The molecular formula is C23H27N5O3S. The molecule has 1 aromatic carbocycles. The molecule has 3 aromatic rings. The lowest BCUT2D eigenvalue weighted by Gasteiger charge is -2.12. The summed E-state index contributed by atoms with van der Waals surface area (Å²) in [5.74, 6) is 0.288. The molecule has 0 fully saturated rings. The summed E-state index contributed by atoms with van der Waals surface area (Å²) in [6.45, 7) is 8.40. The van der Waals surface area contributed by atoms with Gasteiger partial charge in [-0.15, -0.1) is 11.3 Å². The Morgan fingerprint density at radius 2 is 1.94 bits per heavy atom. The number of hydrogen-bond donors (Lipinski definition) is 1. The molecule has 0 bridgehead atoms. The normalized spacial score (nSPS) is 11.6. The molecule has 2 heterocycles. The number of thiazole rings is 1. The zero-order chi connectivity index (χ0) is 23.1. The van der Waals surface area contributed by atoms with Crippen molar-refractivity contribution in [3.05, 3.63) is 58.2 Å². The van der Waals surface area contributed by atoms with Gasteiger partial charge in [-0.25, -0.2) is 4.98 Å². The van der Waals surface area contributed by atoms with Crippen molar-refractivity contribution in [2.24, 2.45) is 4.99 Å². The Hall–Kier alpha value is -3.33. The molecule has 0 radical (unpaired) electrons. The second-order valence-corrected chi connectivity index (χ2v) is 8.38. The monoisotopic (exact) mass is 453 g/mol. The second kappa shape index (κ2) is 10.8. The number of carbonyl (C=O) groups is 2. The number of rotatable bonds is 8. The van der Waals surface area contributed by atoms with Crippen molar-refractivity contribution in [2.75, 3.05) is 6.54 Å². The van der Waals surface area contributed by atoms with Gasteiger partial charge < -0.3 is 14.6 Å². The summed E-state index contributed by atoms with van der Waals surface area (Å²) >= 11 is 1.39. The highest BCUT2D eigenvalue weighted by molar-refractivity contribution is 7.07. The summed E-state index contributed by atoms with van der Waals surface area (Å²) in [6, 6.07) is 7.83. The Morgan fingerprint density at radius 3 is 2.56 bits per heavy atom. The number of amides is 2. The summed E-state index contributed by atoms with van der Waals surface area (Å²) in [6.07, 6.45) is 3.78. The van der Waals surface area contributed by atoms with Crippen LogP contribution in [0.25, 0.3) is 11.3 Å². The Bertz CT molecular complexity index is 1130. The molecule has 3 rings (SSSR count). The number of hydrogen-bond acceptors (Lipinski definition) is 6. The van der Waals surface area contributed by atoms with E-state index in [9.17, 15) is 9.59 Å². The van der Waals surface area contributed by atoms with Gasteiger partial charge >= 0.3 is 0 Å². The minimum absolute atomic E-state index is 0.0701. The van der Waals surface area contributed by atoms with Crippen LogP contribution in [0.15, 0.2) is 47.0 Å². The third-order valence-electron chi connectivity index (χ3n) is 4.45. The molecule has 0 aliphatic carbocycles. The average Bonchev–Trinajstić information content (AvgIpc) is 3.14. The first-order chi connectivity index (χ1) is 15.3. The molecule has 0 saturated heterocycles. The maximum Gasteiger partial charge on any atom is 0.299 e. The van der Waals surface area contributed by atoms with Crippen molar-refractivity contribution >= 4 is 23.2 Å². The van der Waals surface area contributed by atoms with Crippen molar-refractivity contribution in [3.63, 3.8) is 0 Å². The molecule has 0 spiro atoms. The summed E-state index contributed by atoms with van der Waals surface area (Å²) in [4.78, 5) is 37.0. The largest absolute Gasteiger partial charge is 0.491 e. The highest BCUT2D eigenvalue weighted by atomic mass is 32.1. The van der Waals surface area contributed by atoms with Crippen LogP contribution in [0.3, 0.4) is 0 Å². The smallest absolute Gasteiger partial charge is 0.299 e. The van der Waals surface area contributed by atoms with Gasteiger partial charge in [0.05, 0.1) is 23.7 Å². The molecule has 0 aliphatic rings. The highest BCUT2D eigenvalue weighted by Gasteiger charge is 2.12. The lowest BCUT2D eigenvalue weighted by Crippen LogP contribution is -2.24. The molecule has 2 amide bonds. The molecule has 0 atom stereocenters. The Morgan fingerprint density at radius 1 is 1.19 bits per heavy atom. The summed E-state index contributed by atoms with van der Waals surface area (Å²) in [7, 11) is 0. The first kappa shape index (κ1) is 23.3. The van der Waals surface area contributed by atoms with Gasteiger partial charge in [0.25, 0.3) is 5.91 Å². The van der Waals surface area contributed by atoms with Gasteiger partial charge in [0, 0.05) is 31.6 Å². The van der Waals surface area contributed by atoms with E-state index in [2.05, 4.69) is 20.3 Å². The van der Waals surface area contributed by atoms with Crippen LogP contribution in [0.5, 0.6) is 5.75 Å². The number of carbonyl (C=O) groups excluding carboxylic acids is 2. The van der Waals surface area contributed by atoms with Crippen molar-refractivity contribution in [2.45, 2.75) is 46.8 Å². The Kier molecular flexibility index (Phi) is 7.88. The van der Waals surface area contributed by atoms with E-state index in [1.54, 1.807) is 6.20 Å². The molecule has 0 aliphatic heterocycles. The number of benzene rings is 1. The summed E-state index contributed by atoms with van der Waals surface area (Å²) in [5.41, 5.74) is 2.86. The number of aromatic nitrogens is 3. The minimum atomic E-state index is -0.442. The number of nitrogens with one attached hydrogen (secondary N) is 1. The maximum atomic E-state index is 12.6. The van der Waals surface area contributed by atoms with E-state index in [1.807, 2.05) is 55.0 Å². The van der Waals surface area contributed by atoms with Gasteiger partial charge in [0.2, 0.25) is 5.91 Å². The zero-order valence-corrected chi connectivity index (χ0v) is 19.5. The number of aryl methyl sites for hydroxylation is 1. The fourth-order valence-electron chi connectivity index (χ4n) is 2.99. The van der Waals surface area contributed by atoms with Gasteiger partial charge in [-0.2, -0.15) is 4.99 Å². The van der Waals surface area contributed by atoms with Crippen LogP contribution in [-0.2, 0) is 11.3 Å². The SMILES string of the molecule is CC(=O)NCCCn1c(-c2ccc(OC(C)C)cc2)csc1=NC(=O)c1cnc(C)cn1. The van der Waals surface area contributed by atoms with Crippen LogP contribution in [0, 0.1) is 6.92 Å². The first-order valence-electron chi connectivity index (χ1n) is 10.4. The van der Waals surface area contributed by atoms with E-state index in [4.69, 9.17) is 4.74 Å². The third kappa shape index (κ3) is 6.34. The van der Waals surface area contributed by atoms with Crippen LogP contribution in [0.4, 0.5) is 0 Å². The van der Waals surface area contributed by atoms with Crippen molar-refractivity contribution in [1.82, 2.24) is 19.9 Å². The van der Waals surface area contributed by atoms with E-state index in [1.165, 1.54) is 24.5 Å².